The first kappa shape index (κ1) is 78.9. The van der Waals surface area contributed by atoms with E-state index >= 15 is 0 Å². The fourth-order valence-electron chi connectivity index (χ4n) is 10.4. The van der Waals surface area contributed by atoms with Gasteiger partial charge in [-0.05, 0) is 144 Å². The van der Waals surface area contributed by atoms with E-state index in [1.807, 2.05) is 98.0 Å². The molecule has 24 nitrogen and oxygen atoms in total. The molecule has 0 radical (unpaired) electrons. The third-order valence-electron chi connectivity index (χ3n) is 15.0. The van der Waals surface area contributed by atoms with Crippen LogP contribution in [-0.4, -0.2) is 174 Å². The highest BCUT2D eigenvalue weighted by atomic mass is 35.5. The molecule has 31 heteroatoms. The second kappa shape index (κ2) is 37.3. The quantitative estimate of drug-likeness (QED) is 0.0171. The van der Waals surface area contributed by atoms with Gasteiger partial charge in [0.15, 0.2) is 16.5 Å². The van der Waals surface area contributed by atoms with Crippen LogP contribution < -0.4 is 27.0 Å². The summed E-state index contributed by atoms with van der Waals surface area (Å²) in [5.41, 5.74) is 8.92. The number of halogens is 7. The van der Waals surface area contributed by atoms with Crippen LogP contribution >= 0.6 is 81.2 Å². The van der Waals surface area contributed by atoms with Crippen molar-refractivity contribution in [1.82, 2.24) is 74.8 Å². The fourth-order valence-corrected chi connectivity index (χ4v) is 11.5. The summed E-state index contributed by atoms with van der Waals surface area (Å²) < 4.78 is 14.1. The number of hydrogen-bond donors (Lipinski definition) is 6. The number of rotatable bonds is 6. The molecule has 0 amide bonds. The lowest BCUT2D eigenvalue weighted by Gasteiger charge is -2.33. The van der Waals surface area contributed by atoms with Crippen molar-refractivity contribution in [3.8, 4) is 0 Å². The van der Waals surface area contributed by atoms with Crippen LogP contribution in [0.25, 0.3) is 87.2 Å². The smallest absolute Gasteiger partial charge is 0.391 e. The summed E-state index contributed by atoms with van der Waals surface area (Å²) in [4.78, 5) is 79.7. The number of piperazine rings is 2. The van der Waals surface area contributed by atoms with Crippen molar-refractivity contribution >= 4 is 197 Å². The molecule has 528 valence electrons. The molecular weight excluding hydrogens is 1430 g/mol. The van der Waals surface area contributed by atoms with Crippen LogP contribution in [0.15, 0.2) is 133 Å². The highest BCUT2D eigenvalue weighted by Crippen LogP contribution is 2.34. The highest BCUT2D eigenvalue weighted by molar-refractivity contribution is 6.80. The van der Waals surface area contributed by atoms with Crippen LogP contribution in [0.4, 0.5) is 5.82 Å². The molecule has 10 heterocycles. The lowest BCUT2D eigenvalue weighted by atomic mass is 10.1. The van der Waals surface area contributed by atoms with Gasteiger partial charge in [-0.2, -0.15) is 15.3 Å². The number of carbonyl (C=O) groups is 4. The zero-order valence-corrected chi connectivity index (χ0v) is 60.5. The molecule has 8 aromatic heterocycles. The number of esters is 2. The van der Waals surface area contributed by atoms with Gasteiger partial charge >= 0.3 is 17.2 Å². The summed E-state index contributed by atoms with van der Waals surface area (Å²) >= 11 is 40.5. The van der Waals surface area contributed by atoms with Crippen LogP contribution in [-0.2, 0) is 45.0 Å². The van der Waals surface area contributed by atoms with Crippen molar-refractivity contribution in [1.29, 1.82) is 0 Å². The maximum Gasteiger partial charge on any atom is 0.391 e. The van der Waals surface area contributed by atoms with Crippen molar-refractivity contribution in [2.75, 3.05) is 91.6 Å². The van der Waals surface area contributed by atoms with E-state index in [9.17, 15) is 24.0 Å². The van der Waals surface area contributed by atoms with Gasteiger partial charge in [-0.1, -0.05) is 77.0 Å². The minimum Gasteiger partial charge on any atom is -0.460 e. The number of hydrogen-bond acceptors (Lipinski definition) is 18. The van der Waals surface area contributed by atoms with Gasteiger partial charge in [-0.25, -0.2) is 19.6 Å². The molecule has 0 unspecified atom stereocenters. The van der Waals surface area contributed by atoms with E-state index in [-0.39, 0.29) is 31.8 Å². The van der Waals surface area contributed by atoms with Crippen LogP contribution in [0.5, 0.6) is 0 Å². The van der Waals surface area contributed by atoms with E-state index in [0.29, 0.717) is 36.6 Å². The first-order valence-electron chi connectivity index (χ1n) is 30.8. The third-order valence-corrected chi connectivity index (χ3v) is 16.6. The lowest BCUT2D eigenvalue weighted by Crippen LogP contribution is -2.44. The standard InChI is InChI=1S/C16H18ClN5.C12H10ClNO3.C11H7Cl2N3.C11H8ClN3O.C8H6ClN.C5H12N2.C4H5ClO3.CH6N2.CH4/c1-20-5-7-22(8-6-20)16-15-13(10-21(2)19-15)12-9-11(17)3-4-14(12)18-16;1-2-17-12(16)11(15)9-6-14-10-4-3-7(13)5-8(9)10;1-16-5-8-7-4-6(12)2-3-9(7)14-11(13)10(8)15-16;1-15-5-8-7-4-6(12)2-3-9(7)13-11(16)10(8)14-15;9-7-1-2-8-6(5-7)3-4-10-8;1-7-4-2-6-3-5-7;1-2-8-4(7)3(5)6;1-3-2;/h3-4,9-10H,5-8H2,1-2H3;3-6,14H,2H2,1H3;2-5H,1H3;2-5H,1H3,(H,13,16);1-5,10H;6H,2-5H2,1H3;2H2,1H3;3H,2H2,1H3;1H4. The summed E-state index contributed by atoms with van der Waals surface area (Å²) in [6, 6.07) is 29.7. The molecule has 13 aromatic rings. The van der Waals surface area contributed by atoms with Gasteiger partial charge in [-0.15, -0.1) is 0 Å². The number of ketones is 1. The average molecular weight is 1500 g/mol. The Morgan fingerprint density at radius 2 is 1.00 bits per heavy atom. The molecule has 0 atom stereocenters. The first-order chi connectivity index (χ1) is 47.4. The third kappa shape index (κ3) is 20.8. The van der Waals surface area contributed by atoms with E-state index in [1.165, 1.54) is 19.3 Å². The fraction of sp³-hybridized carbons (Fsp3) is 0.275. The number of hydrazine groups is 1. The summed E-state index contributed by atoms with van der Waals surface area (Å²) in [6.45, 7) is 12.4. The molecule has 15 rings (SSSR count). The van der Waals surface area contributed by atoms with Gasteiger partial charge in [0.1, 0.15) is 11.0 Å². The molecule has 5 aromatic carbocycles. The number of Topliss-reactive ketones (excluding diaryl/α,β-unsaturated/α-hetero) is 1. The predicted molar refractivity (Wildman–Crippen MR) is 406 cm³/mol. The molecular formula is C69H76Cl7N17O7. The van der Waals surface area contributed by atoms with Gasteiger partial charge in [0.05, 0.1) is 29.8 Å². The molecule has 2 aliphatic heterocycles. The number of pyridine rings is 3. The molecule has 0 spiro atoms. The Bertz CT molecular complexity index is 5040. The molecule has 2 saturated heterocycles. The van der Waals surface area contributed by atoms with Crippen LogP contribution in [0.3, 0.4) is 0 Å². The Morgan fingerprint density at radius 1 is 0.540 bits per heavy atom. The summed E-state index contributed by atoms with van der Waals surface area (Å²) in [7, 11) is 11.6. The number of nitrogens with two attached hydrogens (primary N) is 1. The lowest BCUT2D eigenvalue weighted by molar-refractivity contribution is -0.149. The Hall–Kier alpha value is -8.47. The summed E-state index contributed by atoms with van der Waals surface area (Å²) in [5, 5.41) is 26.6. The maximum atomic E-state index is 11.8. The molecule has 0 saturated carbocycles. The van der Waals surface area contributed by atoms with Crippen LogP contribution in [0, 0.1) is 0 Å². The Balaban J connectivity index is 0.000000167. The number of likely N-dealkylation sites (N-methyl/N-ethyl adjacent to an activating group) is 2. The minimum atomic E-state index is -1.08. The number of H-pyrrole nitrogens is 3. The van der Waals surface area contributed by atoms with Gasteiger partial charge in [0, 0.05) is 189 Å². The molecule has 7 N–H and O–H groups in total. The zero-order valence-electron chi connectivity index (χ0n) is 55.2. The number of aromatic amines is 3. The van der Waals surface area contributed by atoms with Crippen molar-refractivity contribution < 1.29 is 28.7 Å². The Morgan fingerprint density at radius 3 is 1.54 bits per heavy atom. The van der Waals surface area contributed by atoms with Gasteiger partial charge in [0.2, 0.25) is 0 Å². The van der Waals surface area contributed by atoms with Crippen LogP contribution in [0.2, 0.25) is 30.3 Å². The maximum absolute atomic E-state index is 11.8. The van der Waals surface area contributed by atoms with Crippen molar-refractivity contribution in [2.45, 2.75) is 21.3 Å². The van der Waals surface area contributed by atoms with E-state index in [4.69, 9.17) is 86.2 Å². The van der Waals surface area contributed by atoms with Gasteiger partial charge in [-0.3, -0.25) is 39.7 Å². The molecule has 0 aliphatic carbocycles. The normalized spacial score (nSPS) is 12.8. The topological polar surface area (TPSA) is 290 Å². The van der Waals surface area contributed by atoms with Crippen molar-refractivity contribution in [3.63, 3.8) is 0 Å². The molecule has 0 bridgehead atoms. The number of aromatic nitrogens is 11. The van der Waals surface area contributed by atoms with E-state index in [2.05, 4.69) is 96.3 Å². The number of anilines is 1. The Kier molecular flexibility index (Phi) is 29.4. The average Bonchev–Trinajstić information content (AvgIpc) is 1.52. The highest BCUT2D eigenvalue weighted by Gasteiger charge is 2.23. The molecule has 2 fully saturated rings. The van der Waals surface area contributed by atoms with Crippen molar-refractivity contribution in [2.24, 2.45) is 27.0 Å². The number of nitrogens with one attached hydrogen (secondary N) is 5. The largest absolute Gasteiger partial charge is 0.460 e. The number of ether oxygens (including phenoxy) is 2. The molecule has 100 heavy (non-hydrogen) atoms. The van der Waals surface area contributed by atoms with Crippen molar-refractivity contribution in [3.05, 3.63) is 174 Å². The number of carbonyl (C=O) groups excluding carboxylic acids is 4. The van der Waals surface area contributed by atoms with Gasteiger partial charge in [0.25, 0.3) is 11.3 Å². The van der Waals surface area contributed by atoms with E-state index in [0.717, 1.165) is 126 Å². The monoisotopic (exact) mass is 1500 g/mol. The summed E-state index contributed by atoms with van der Waals surface area (Å²) in [6.07, 6.45) is 9.18. The second-order valence-electron chi connectivity index (χ2n) is 22.3. The van der Waals surface area contributed by atoms with E-state index in [1.54, 1.807) is 73.7 Å². The SMILES string of the molecule is C.CCOC(=O)C(=O)Cl.CCOC(=O)C(=O)c1c[nH]c2ccc(Cl)cc12.CN1CCN(c2nc3ccc(Cl)cc3c3cn(C)nc23)CC1.CN1CCNCC1.CNN.Clc1ccc2[nH]ccc2c1.Cn1cc2c(n1)c(=O)[nH]c1ccc(Cl)cc12.Cn1cc2c(n1)c(Cl)nc1ccc(Cl)cc12. The predicted octanol–water partition coefficient (Wildman–Crippen LogP) is 13.0. The number of fused-ring (bicyclic) bond motifs is 11. The second-order valence-corrected chi connectivity index (χ2v) is 25.2. The number of benzene rings is 5. The van der Waals surface area contributed by atoms with E-state index < -0.39 is 23.0 Å². The molecule has 2 aliphatic rings. The van der Waals surface area contributed by atoms with Crippen LogP contribution in [0.1, 0.15) is 31.6 Å². The first-order valence-corrected chi connectivity index (χ1v) is 33.5. The van der Waals surface area contributed by atoms with Gasteiger partial charge < -0.3 is 44.4 Å². The number of aryl methyl sites for hydroxylation is 3. The summed E-state index contributed by atoms with van der Waals surface area (Å²) in [5.74, 6) is 3.07. The number of nitrogens with zero attached hydrogens (tertiary/aromatic N) is 11. The minimum absolute atomic E-state index is 0. The zero-order chi connectivity index (χ0) is 71.6. The Labute approximate surface area is 610 Å².